The van der Waals surface area contributed by atoms with Crippen LogP contribution in [0.5, 0.6) is 0 Å². The third-order valence-electron chi connectivity index (χ3n) is 3.52. The van der Waals surface area contributed by atoms with Crippen molar-refractivity contribution in [3.8, 4) is 0 Å². The van der Waals surface area contributed by atoms with E-state index >= 15 is 0 Å². The fourth-order valence-electron chi connectivity index (χ4n) is 2.63. The Labute approximate surface area is 91.4 Å². The van der Waals surface area contributed by atoms with Crippen LogP contribution in [0.1, 0.15) is 26.2 Å². The zero-order chi connectivity index (χ0) is 10.8. The summed E-state index contributed by atoms with van der Waals surface area (Å²) in [5, 5.41) is 0. The van der Waals surface area contributed by atoms with Gasteiger partial charge in [0.15, 0.2) is 0 Å². The Morgan fingerprint density at radius 2 is 2.00 bits per heavy atom. The van der Waals surface area contributed by atoms with E-state index in [2.05, 4.69) is 4.90 Å². The molecular formula is C11H21N3O. The number of carbonyl (C=O) groups is 1. The third-order valence-corrected chi connectivity index (χ3v) is 3.52. The molecule has 2 N–H and O–H groups in total. The van der Waals surface area contributed by atoms with Gasteiger partial charge in [0, 0.05) is 19.1 Å². The molecule has 4 heteroatoms. The van der Waals surface area contributed by atoms with Gasteiger partial charge in [-0.25, -0.2) is 0 Å². The van der Waals surface area contributed by atoms with Gasteiger partial charge in [0.05, 0.1) is 6.04 Å². The second kappa shape index (κ2) is 4.49. The van der Waals surface area contributed by atoms with Crippen molar-refractivity contribution in [3.63, 3.8) is 0 Å². The normalized spacial score (nSPS) is 29.7. The van der Waals surface area contributed by atoms with Crippen LogP contribution >= 0.6 is 0 Å². The number of rotatable bonds is 2. The Balaban J connectivity index is 1.86. The van der Waals surface area contributed by atoms with Crippen molar-refractivity contribution in [2.45, 2.75) is 38.3 Å². The van der Waals surface area contributed by atoms with E-state index in [0.717, 1.165) is 19.5 Å². The van der Waals surface area contributed by atoms with Crippen molar-refractivity contribution in [2.75, 3.05) is 26.2 Å². The van der Waals surface area contributed by atoms with Crippen LogP contribution in [0.3, 0.4) is 0 Å². The van der Waals surface area contributed by atoms with Gasteiger partial charge >= 0.3 is 0 Å². The Bertz CT molecular complexity index is 236. The van der Waals surface area contributed by atoms with E-state index in [4.69, 9.17) is 5.73 Å². The van der Waals surface area contributed by atoms with Gasteiger partial charge in [0.25, 0.3) is 0 Å². The van der Waals surface area contributed by atoms with Crippen LogP contribution in [0.2, 0.25) is 0 Å². The number of nitrogens with two attached hydrogens (primary N) is 1. The molecule has 0 spiro atoms. The zero-order valence-corrected chi connectivity index (χ0v) is 9.48. The Morgan fingerprint density at radius 1 is 1.33 bits per heavy atom. The maximum Gasteiger partial charge on any atom is 0.239 e. The van der Waals surface area contributed by atoms with Crippen molar-refractivity contribution in [1.82, 2.24) is 9.80 Å². The molecule has 0 aromatic rings. The molecule has 2 atom stereocenters. The van der Waals surface area contributed by atoms with E-state index in [1.807, 2.05) is 4.90 Å². The van der Waals surface area contributed by atoms with Gasteiger partial charge in [-0.3, -0.25) is 9.69 Å². The van der Waals surface area contributed by atoms with Crippen LogP contribution in [0.15, 0.2) is 0 Å². The summed E-state index contributed by atoms with van der Waals surface area (Å²) >= 11 is 0. The van der Waals surface area contributed by atoms with Crippen LogP contribution in [-0.4, -0.2) is 54.0 Å². The molecule has 86 valence electrons. The average Bonchev–Trinajstić information content (AvgIpc) is 2.86. The standard InChI is InChI=1S/C11H21N3O/c1-9(12)11(15)14-7-4-10(8-14)13-5-2-3-6-13/h9-10H,2-8,12H2,1H3. The molecule has 2 heterocycles. The maximum atomic E-state index is 11.7. The van der Waals surface area contributed by atoms with E-state index in [1.165, 1.54) is 25.9 Å². The highest BCUT2D eigenvalue weighted by Crippen LogP contribution is 2.20. The minimum atomic E-state index is -0.345. The molecule has 2 saturated heterocycles. The lowest BCUT2D eigenvalue weighted by Crippen LogP contribution is -2.43. The van der Waals surface area contributed by atoms with Crippen LogP contribution in [0, 0.1) is 0 Å². The summed E-state index contributed by atoms with van der Waals surface area (Å²) in [7, 11) is 0. The number of nitrogens with zero attached hydrogens (tertiary/aromatic N) is 2. The van der Waals surface area contributed by atoms with Crippen molar-refractivity contribution in [2.24, 2.45) is 5.73 Å². The summed E-state index contributed by atoms with van der Waals surface area (Å²) in [4.78, 5) is 16.1. The number of carbonyl (C=O) groups excluding carboxylic acids is 1. The Kier molecular flexibility index (Phi) is 3.26. The minimum absolute atomic E-state index is 0.108. The summed E-state index contributed by atoms with van der Waals surface area (Å²) in [5.74, 6) is 0.108. The average molecular weight is 211 g/mol. The molecule has 0 bridgehead atoms. The van der Waals surface area contributed by atoms with Gasteiger partial charge < -0.3 is 10.6 Å². The summed E-state index contributed by atoms with van der Waals surface area (Å²) < 4.78 is 0. The molecule has 0 aliphatic carbocycles. The fourth-order valence-corrected chi connectivity index (χ4v) is 2.63. The molecular weight excluding hydrogens is 190 g/mol. The van der Waals surface area contributed by atoms with E-state index < -0.39 is 0 Å². The molecule has 0 radical (unpaired) electrons. The first-order valence-corrected chi connectivity index (χ1v) is 5.97. The molecule has 2 fully saturated rings. The highest BCUT2D eigenvalue weighted by atomic mass is 16.2. The lowest BCUT2D eigenvalue weighted by molar-refractivity contribution is -0.131. The van der Waals surface area contributed by atoms with Crippen molar-refractivity contribution >= 4 is 5.91 Å². The monoisotopic (exact) mass is 211 g/mol. The number of likely N-dealkylation sites (tertiary alicyclic amines) is 2. The molecule has 0 saturated carbocycles. The first kappa shape index (κ1) is 10.9. The smallest absolute Gasteiger partial charge is 0.239 e. The number of amides is 1. The van der Waals surface area contributed by atoms with Crippen molar-refractivity contribution in [1.29, 1.82) is 0 Å². The Morgan fingerprint density at radius 3 is 2.60 bits per heavy atom. The number of hydrogen-bond acceptors (Lipinski definition) is 3. The third kappa shape index (κ3) is 2.32. The molecule has 2 rings (SSSR count). The summed E-state index contributed by atoms with van der Waals surface area (Å²) in [6, 6.07) is 0.248. The fraction of sp³-hybridized carbons (Fsp3) is 0.909. The van der Waals surface area contributed by atoms with Gasteiger partial charge in [-0.1, -0.05) is 0 Å². The lowest BCUT2D eigenvalue weighted by Gasteiger charge is -2.24. The Hall–Kier alpha value is -0.610. The van der Waals surface area contributed by atoms with Gasteiger partial charge in [-0.15, -0.1) is 0 Å². The number of hydrogen-bond donors (Lipinski definition) is 1. The highest BCUT2D eigenvalue weighted by molar-refractivity contribution is 5.81. The first-order chi connectivity index (χ1) is 7.18. The molecule has 0 aromatic heterocycles. The predicted octanol–water partition coefficient (Wildman–Crippen LogP) is 0.0303. The quantitative estimate of drug-likeness (QED) is 0.701. The second-order valence-electron chi connectivity index (χ2n) is 4.76. The van der Waals surface area contributed by atoms with Crippen molar-refractivity contribution in [3.05, 3.63) is 0 Å². The summed E-state index contributed by atoms with van der Waals surface area (Å²) in [6.45, 7) is 5.98. The van der Waals surface area contributed by atoms with E-state index in [-0.39, 0.29) is 11.9 Å². The predicted molar refractivity (Wildman–Crippen MR) is 59.4 cm³/mol. The van der Waals surface area contributed by atoms with E-state index in [1.54, 1.807) is 6.92 Å². The molecule has 4 nitrogen and oxygen atoms in total. The SMILES string of the molecule is CC(N)C(=O)N1CCC(N2CCCC2)C1. The largest absolute Gasteiger partial charge is 0.340 e. The van der Waals surface area contributed by atoms with Crippen LogP contribution in [0.25, 0.3) is 0 Å². The first-order valence-electron chi connectivity index (χ1n) is 5.97. The van der Waals surface area contributed by atoms with Gasteiger partial charge in [-0.2, -0.15) is 0 Å². The van der Waals surface area contributed by atoms with Crippen molar-refractivity contribution < 1.29 is 4.79 Å². The van der Waals surface area contributed by atoms with Gasteiger partial charge in [0.2, 0.25) is 5.91 Å². The lowest BCUT2D eigenvalue weighted by atomic mass is 10.2. The topological polar surface area (TPSA) is 49.6 Å². The van der Waals surface area contributed by atoms with Gasteiger partial charge in [-0.05, 0) is 39.3 Å². The molecule has 2 aliphatic rings. The molecule has 0 aromatic carbocycles. The van der Waals surface area contributed by atoms with E-state index in [0.29, 0.717) is 6.04 Å². The maximum absolute atomic E-state index is 11.7. The molecule has 15 heavy (non-hydrogen) atoms. The second-order valence-corrected chi connectivity index (χ2v) is 4.76. The van der Waals surface area contributed by atoms with Crippen LogP contribution in [0.4, 0.5) is 0 Å². The van der Waals surface area contributed by atoms with Crippen LogP contribution < -0.4 is 5.73 Å². The molecule has 2 aliphatic heterocycles. The summed E-state index contributed by atoms with van der Waals surface area (Å²) in [5.41, 5.74) is 5.61. The highest BCUT2D eigenvalue weighted by Gasteiger charge is 2.32. The minimum Gasteiger partial charge on any atom is -0.340 e. The molecule has 1 amide bonds. The van der Waals surface area contributed by atoms with Gasteiger partial charge in [0.1, 0.15) is 0 Å². The van der Waals surface area contributed by atoms with E-state index in [9.17, 15) is 4.79 Å². The van der Waals surface area contributed by atoms with Crippen LogP contribution in [-0.2, 0) is 4.79 Å². The molecule has 2 unspecified atom stereocenters. The zero-order valence-electron chi connectivity index (χ0n) is 9.48. The summed E-state index contributed by atoms with van der Waals surface area (Å²) in [6.07, 6.45) is 3.76.